The van der Waals surface area contributed by atoms with Crippen LogP contribution in [-0.2, 0) is 0 Å². The first-order valence-corrected chi connectivity index (χ1v) is 47.2. The van der Waals surface area contributed by atoms with Crippen LogP contribution in [0.25, 0.3) is 303 Å². The predicted octanol–water partition coefficient (Wildman–Crippen LogP) is 34.1. The zero-order valence-corrected chi connectivity index (χ0v) is 74.2. The lowest BCUT2D eigenvalue weighted by Crippen LogP contribution is -2.04. The minimum absolute atomic E-state index is 0.727. The zero-order valence-electron chi connectivity index (χ0n) is 74.2. The molecule has 9 nitrogen and oxygen atoms in total. The third kappa shape index (κ3) is 11.0. The molecule has 0 spiro atoms. The molecule has 0 saturated carbocycles. The van der Waals surface area contributed by atoms with Gasteiger partial charge in [-0.1, -0.05) is 358 Å². The zero-order chi connectivity index (χ0) is 90.1. The molecule has 636 valence electrons. The Balaban J connectivity index is 0.0000000979. The fourth-order valence-electron chi connectivity index (χ4n) is 23.6. The number of aromatic nitrogens is 8. The number of nitrogens with zero attached hydrogens (tertiary/aromatic N) is 8. The average Bonchev–Trinajstić information content (AvgIpc) is 0.787. The minimum atomic E-state index is 0.727. The fourth-order valence-corrected chi connectivity index (χ4v) is 23.6. The van der Waals surface area contributed by atoms with Gasteiger partial charge in [0, 0.05) is 81.6 Å². The van der Waals surface area contributed by atoms with Crippen LogP contribution in [0.4, 0.5) is 0 Å². The molecule has 7 aromatic heterocycles. The van der Waals surface area contributed by atoms with Crippen molar-refractivity contribution < 1.29 is 4.42 Å². The van der Waals surface area contributed by atoms with Crippen LogP contribution < -0.4 is 0 Å². The molecule has 0 saturated heterocycles. The number of pyridine rings is 1. The molecule has 0 bridgehead atoms. The lowest BCUT2D eigenvalue weighted by Gasteiger charge is -2.16. The second-order valence-corrected chi connectivity index (χ2v) is 36.5. The second kappa shape index (κ2) is 29.5. The molecule has 0 aliphatic heterocycles. The maximum Gasteiger partial charge on any atom is 0.165 e. The largest absolute Gasteiger partial charge is 0.455 e. The smallest absolute Gasteiger partial charge is 0.165 e. The molecular weight excluding hydrogens is 1680 g/mol. The number of fused-ring (bicyclic) bond motifs is 21. The highest BCUT2D eigenvalue weighted by atomic mass is 16.3. The molecule has 0 atom stereocenters. The van der Waals surface area contributed by atoms with Gasteiger partial charge in [0.15, 0.2) is 11.6 Å². The van der Waals surface area contributed by atoms with E-state index in [0.717, 1.165) is 155 Å². The number of furan rings is 1. The van der Waals surface area contributed by atoms with Crippen LogP contribution in [-0.4, -0.2) is 38.6 Å². The summed E-state index contributed by atoms with van der Waals surface area (Å²) in [5.41, 5.74) is 36.1. The highest BCUT2D eigenvalue weighted by Gasteiger charge is 2.32. The number of hydrogen-bond donors (Lipinski definition) is 0. The van der Waals surface area contributed by atoms with Gasteiger partial charge in [0.1, 0.15) is 22.7 Å². The van der Waals surface area contributed by atoms with Crippen molar-refractivity contribution >= 4 is 174 Å². The monoisotopic (exact) mass is 1750 g/mol. The lowest BCUT2D eigenvalue weighted by atomic mass is 9.93. The van der Waals surface area contributed by atoms with Crippen molar-refractivity contribution in [2.45, 2.75) is 0 Å². The van der Waals surface area contributed by atoms with Crippen LogP contribution in [0.2, 0.25) is 0 Å². The van der Waals surface area contributed by atoms with Crippen LogP contribution in [0, 0.1) is 0 Å². The normalized spacial score (nSPS) is 12.2. The Kier molecular flexibility index (Phi) is 16.2. The fraction of sp³-hybridized carbons (Fsp3) is 0. The Morgan fingerprint density at radius 2 is 0.565 bits per heavy atom. The third-order valence-electron chi connectivity index (χ3n) is 29.3. The first-order chi connectivity index (χ1) is 68.5. The van der Waals surface area contributed by atoms with Crippen LogP contribution in [0.15, 0.2) is 453 Å². The first kappa shape index (κ1) is 76.0. The molecular formula is C129H74N8O. The van der Waals surface area contributed by atoms with Crippen LogP contribution >= 0.6 is 0 Å². The summed E-state index contributed by atoms with van der Waals surface area (Å²) in [6.07, 6.45) is 0. The van der Waals surface area contributed by atoms with Crippen molar-refractivity contribution in [3.8, 4) is 129 Å². The van der Waals surface area contributed by atoms with E-state index in [1.54, 1.807) is 0 Å². The van der Waals surface area contributed by atoms with E-state index in [4.69, 9.17) is 29.3 Å². The maximum atomic E-state index is 6.72. The van der Waals surface area contributed by atoms with E-state index < -0.39 is 0 Å². The molecule has 9 heteroatoms. The summed E-state index contributed by atoms with van der Waals surface area (Å²) in [4.78, 5) is 26.5. The van der Waals surface area contributed by atoms with E-state index in [2.05, 4.69) is 426 Å². The van der Waals surface area contributed by atoms with Gasteiger partial charge in [0.05, 0.1) is 66.2 Å². The van der Waals surface area contributed by atoms with Crippen LogP contribution in [0.3, 0.4) is 0 Å². The van der Waals surface area contributed by atoms with Gasteiger partial charge in [-0.05, 0) is 212 Å². The molecule has 3 aliphatic rings. The predicted molar refractivity (Wildman–Crippen MR) is 574 cm³/mol. The van der Waals surface area contributed by atoms with Crippen molar-refractivity contribution in [2.75, 3.05) is 0 Å². The van der Waals surface area contributed by atoms with E-state index in [1.807, 2.05) is 36.4 Å². The van der Waals surface area contributed by atoms with Crippen molar-refractivity contribution in [1.82, 2.24) is 38.6 Å². The van der Waals surface area contributed by atoms with Crippen molar-refractivity contribution in [3.63, 3.8) is 0 Å². The summed E-state index contributed by atoms with van der Waals surface area (Å²) in [5, 5.41) is 24.3. The van der Waals surface area contributed by atoms with Gasteiger partial charge in [0.25, 0.3) is 0 Å². The van der Waals surface area contributed by atoms with Crippen LogP contribution in [0.1, 0.15) is 0 Å². The summed E-state index contributed by atoms with van der Waals surface area (Å²) >= 11 is 0. The van der Waals surface area contributed by atoms with Gasteiger partial charge in [-0.15, -0.1) is 0 Å². The van der Waals surface area contributed by atoms with Gasteiger partial charge >= 0.3 is 0 Å². The molecule has 29 aromatic rings. The Morgan fingerprint density at radius 3 is 1.11 bits per heavy atom. The molecule has 32 rings (SSSR count). The van der Waals surface area contributed by atoms with E-state index >= 15 is 0 Å². The number of para-hydroxylation sites is 4. The van der Waals surface area contributed by atoms with Crippen LogP contribution in [0.5, 0.6) is 0 Å². The standard InChI is InChI=1S/C45H24N2O.2C42H25N3/c1-2-13-27-26(12-1)28-19-9-11-25-23-24-36-42(38(25)28)40-29(27)20-10-21-35(40)47(36)45-33-17-6-4-15-31(33)41-43(46-45)32-16-5-3-14-30(32)39-34-18-7-8-22-37(34)48-44(39)41;1-2-11-26(12-3-1)28-14-8-15-29(25-28)41-42(44-35-21-7-6-20-34(35)43-41)45-36-22-10-19-33-31-17-5-4-16-30(31)32-18-9-13-27-23-24-37(45)40(38(27)32)39(33)36;1-2-10-27(11-3-1)41-34-15-6-7-18-35(34)43-42(44-41)28-20-23-29(24-21-28)45-36-19-9-17-33-31-14-5-4-13-30(31)32-16-8-12-26-22-25-37(45)40(38(26)32)39(33)36/h1-24H;2*1-25H. The Labute approximate surface area is 789 Å². The summed E-state index contributed by atoms with van der Waals surface area (Å²) in [6.45, 7) is 0. The third-order valence-corrected chi connectivity index (χ3v) is 29.3. The van der Waals surface area contributed by atoms with Gasteiger partial charge in [-0.25, -0.2) is 24.9 Å². The van der Waals surface area contributed by atoms with E-state index in [-0.39, 0.29) is 0 Å². The Bertz CT molecular complexity index is 10400. The van der Waals surface area contributed by atoms with E-state index in [0.29, 0.717) is 0 Å². The van der Waals surface area contributed by atoms with Gasteiger partial charge in [-0.3, -0.25) is 9.13 Å². The topological polar surface area (TPSA) is 92.4 Å². The highest BCUT2D eigenvalue weighted by molar-refractivity contribution is 6.37. The summed E-state index contributed by atoms with van der Waals surface area (Å²) < 4.78 is 13.9. The van der Waals surface area contributed by atoms with Crippen molar-refractivity contribution in [1.29, 1.82) is 0 Å². The molecule has 0 fully saturated rings. The molecule has 7 heterocycles. The van der Waals surface area contributed by atoms with Gasteiger partial charge in [-0.2, -0.15) is 0 Å². The quantitative estimate of drug-likeness (QED) is 0.148. The first-order valence-electron chi connectivity index (χ1n) is 47.2. The van der Waals surface area contributed by atoms with Crippen molar-refractivity contribution in [2.24, 2.45) is 0 Å². The molecule has 0 unspecified atom stereocenters. The summed E-state index contributed by atoms with van der Waals surface area (Å²) in [7, 11) is 0. The molecule has 0 N–H and O–H groups in total. The van der Waals surface area contributed by atoms with E-state index in [1.165, 1.54) is 148 Å². The number of rotatable bonds is 7. The number of benzene rings is 22. The Hall–Kier alpha value is -18.6. The Morgan fingerprint density at radius 1 is 0.181 bits per heavy atom. The van der Waals surface area contributed by atoms with Gasteiger partial charge in [0.2, 0.25) is 0 Å². The summed E-state index contributed by atoms with van der Waals surface area (Å²) in [5.74, 6) is 2.49. The second-order valence-electron chi connectivity index (χ2n) is 36.5. The lowest BCUT2D eigenvalue weighted by molar-refractivity contribution is 0.673. The van der Waals surface area contributed by atoms with Crippen molar-refractivity contribution in [3.05, 3.63) is 449 Å². The van der Waals surface area contributed by atoms with Gasteiger partial charge < -0.3 is 8.98 Å². The highest BCUT2D eigenvalue weighted by Crippen LogP contribution is 2.56. The number of hydrogen-bond acceptors (Lipinski definition) is 6. The maximum absolute atomic E-state index is 6.72. The molecule has 138 heavy (non-hydrogen) atoms. The van der Waals surface area contributed by atoms with E-state index in [9.17, 15) is 0 Å². The summed E-state index contributed by atoms with van der Waals surface area (Å²) in [6, 6.07) is 161. The molecule has 0 radical (unpaired) electrons. The minimum Gasteiger partial charge on any atom is -0.455 e. The SMILES string of the molecule is c1ccc(-c2cccc(-c3nc4ccccc4nc3-n3c4cccc5c4c4c6c(cccc6ccc43)-c3ccccc3-5)c2)cc1.c1ccc(-c2nc(-c3ccc(-n4c5cccc6c5c5c7c(cccc7ccc54)-c4ccccc4-6)cc3)nc3ccccc23)cc1.c1ccc2c(c1)-c1cccc3ccc4c(c13)c1c-2cccc1n4-c1nc2c3ccccc3c3c4ccccc4oc3c2c2ccccc12. The molecule has 22 aromatic carbocycles. The molecule has 0 amide bonds. The molecule has 3 aliphatic carbocycles. The average molecular weight is 1750 g/mol.